The SMILES string of the molecule is CNC1CCCCC1OC(C)C(=O)N1CCCCC1. The van der Waals surface area contributed by atoms with E-state index in [0.29, 0.717) is 6.04 Å². The largest absolute Gasteiger partial charge is 0.364 e. The molecule has 1 aliphatic carbocycles. The third-order valence-electron chi connectivity index (χ3n) is 4.47. The number of carbonyl (C=O) groups excluding carboxylic acids is 1. The first-order chi connectivity index (χ1) is 9.22. The van der Waals surface area contributed by atoms with Gasteiger partial charge in [0.05, 0.1) is 6.10 Å². The van der Waals surface area contributed by atoms with Crippen molar-refractivity contribution in [2.24, 2.45) is 0 Å². The van der Waals surface area contributed by atoms with E-state index in [4.69, 9.17) is 4.74 Å². The Hall–Kier alpha value is -0.610. The molecule has 4 nitrogen and oxygen atoms in total. The Morgan fingerprint density at radius 3 is 2.53 bits per heavy atom. The molecule has 1 saturated carbocycles. The summed E-state index contributed by atoms with van der Waals surface area (Å²) in [5.41, 5.74) is 0. The third kappa shape index (κ3) is 3.93. The second kappa shape index (κ2) is 7.25. The number of hydrogen-bond acceptors (Lipinski definition) is 3. The zero-order valence-corrected chi connectivity index (χ0v) is 12.4. The van der Waals surface area contributed by atoms with Gasteiger partial charge in [-0.05, 0) is 46.1 Å². The van der Waals surface area contributed by atoms with Crippen molar-refractivity contribution in [3.63, 3.8) is 0 Å². The lowest BCUT2D eigenvalue weighted by Crippen LogP contribution is -2.47. The summed E-state index contributed by atoms with van der Waals surface area (Å²) >= 11 is 0. The number of ether oxygens (including phenoxy) is 1. The van der Waals surface area contributed by atoms with E-state index in [9.17, 15) is 4.79 Å². The fraction of sp³-hybridized carbons (Fsp3) is 0.933. The van der Waals surface area contributed by atoms with Crippen molar-refractivity contribution >= 4 is 5.91 Å². The Kier molecular flexibility index (Phi) is 5.64. The number of carbonyl (C=O) groups is 1. The summed E-state index contributed by atoms with van der Waals surface area (Å²) in [6, 6.07) is 0.408. The predicted molar refractivity (Wildman–Crippen MR) is 76.1 cm³/mol. The van der Waals surface area contributed by atoms with Crippen LogP contribution in [-0.2, 0) is 9.53 Å². The maximum absolute atomic E-state index is 12.3. The lowest BCUT2D eigenvalue weighted by atomic mass is 9.92. The number of rotatable bonds is 4. The highest BCUT2D eigenvalue weighted by molar-refractivity contribution is 5.80. The van der Waals surface area contributed by atoms with Crippen LogP contribution in [0, 0.1) is 0 Å². The van der Waals surface area contributed by atoms with E-state index in [2.05, 4.69) is 5.32 Å². The molecule has 0 aromatic carbocycles. The third-order valence-corrected chi connectivity index (χ3v) is 4.47. The van der Waals surface area contributed by atoms with E-state index < -0.39 is 0 Å². The van der Waals surface area contributed by atoms with Crippen molar-refractivity contribution in [2.45, 2.75) is 70.1 Å². The molecule has 1 amide bonds. The second-order valence-electron chi connectivity index (χ2n) is 5.88. The number of likely N-dealkylation sites (tertiary alicyclic amines) is 1. The van der Waals surface area contributed by atoms with Crippen molar-refractivity contribution in [3.05, 3.63) is 0 Å². The zero-order chi connectivity index (χ0) is 13.7. The van der Waals surface area contributed by atoms with Crippen molar-refractivity contribution < 1.29 is 9.53 Å². The van der Waals surface area contributed by atoms with Crippen LogP contribution in [0.5, 0.6) is 0 Å². The highest BCUT2D eigenvalue weighted by Gasteiger charge is 2.30. The molecular weight excluding hydrogens is 240 g/mol. The summed E-state index contributed by atoms with van der Waals surface area (Å²) in [7, 11) is 1.99. The molecule has 0 bridgehead atoms. The van der Waals surface area contributed by atoms with Crippen LogP contribution in [-0.4, -0.2) is 49.2 Å². The maximum atomic E-state index is 12.3. The van der Waals surface area contributed by atoms with Gasteiger partial charge in [-0.3, -0.25) is 4.79 Å². The van der Waals surface area contributed by atoms with E-state index in [1.54, 1.807) is 0 Å². The fourth-order valence-corrected chi connectivity index (χ4v) is 3.28. The summed E-state index contributed by atoms with van der Waals surface area (Å²) in [5.74, 6) is 0.181. The highest BCUT2D eigenvalue weighted by atomic mass is 16.5. The molecule has 110 valence electrons. The molecular formula is C15H28N2O2. The van der Waals surface area contributed by atoms with Gasteiger partial charge < -0.3 is 15.0 Å². The molecule has 0 spiro atoms. The Balaban J connectivity index is 1.84. The van der Waals surface area contributed by atoms with Crippen LogP contribution in [0.1, 0.15) is 51.9 Å². The Bertz CT molecular complexity index is 290. The van der Waals surface area contributed by atoms with Crippen molar-refractivity contribution in [1.29, 1.82) is 0 Å². The predicted octanol–water partition coefficient (Wildman–Crippen LogP) is 1.93. The topological polar surface area (TPSA) is 41.6 Å². The summed E-state index contributed by atoms with van der Waals surface area (Å²) in [5, 5.41) is 3.33. The first kappa shape index (κ1) is 14.8. The molecule has 1 heterocycles. The Labute approximate surface area is 116 Å². The van der Waals surface area contributed by atoms with Crippen LogP contribution in [0.25, 0.3) is 0 Å². The van der Waals surface area contributed by atoms with Crippen LogP contribution in [0.2, 0.25) is 0 Å². The molecule has 0 radical (unpaired) electrons. The smallest absolute Gasteiger partial charge is 0.251 e. The molecule has 1 saturated heterocycles. The minimum Gasteiger partial charge on any atom is -0.364 e. The number of amides is 1. The van der Waals surface area contributed by atoms with Crippen LogP contribution in [0.4, 0.5) is 0 Å². The lowest BCUT2D eigenvalue weighted by Gasteiger charge is -2.35. The van der Waals surface area contributed by atoms with Gasteiger partial charge in [0, 0.05) is 19.1 Å². The molecule has 2 fully saturated rings. The number of nitrogens with one attached hydrogen (secondary N) is 1. The van der Waals surface area contributed by atoms with Gasteiger partial charge in [-0.15, -0.1) is 0 Å². The molecule has 4 heteroatoms. The van der Waals surface area contributed by atoms with E-state index in [0.717, 1.165) is 38.8 Å². The van der Waals surface area contributed by atoms with Gasteiger partial charge in [0.15, 0.2) is 0 Å². The number of nitrogens with zero attached hydrogens (tertiary/aromatic N) is 1. The standard InChI is InChI=1S/C15H28N2O2/c1-12(15(18)17-10-6-3-7-11-17)19-14-9-5-4-8-13(14)16-2/h12-14,16H,3-11H2,1-2H3. The van der Waals surface area contributed by atoms with E-state index in [-0.39, 0.29) is 18.1 Å². The van der Waals surface area contributed by atoms with Gasteiger partial charge in [0.1, 0.15) is 6.10 Å². The monoisotopic (exact) mass is 268 g/mol. The zero-order valence-electron chi connectivity index (χ0n) is 12.4. The first-order valence-corrected chi connectivity index (χ1v) is 7.84. The van der Waals surface area contributed by atoms with Crippen LogP contribution < -0.4 is 5.32 Å². The highest BCUT2D eigenvalue weighted by Crippen LogP contribution is 2.23. The molecule has 2 aliphatic rings. The molecule has 3 unspecified atom stereocenters. The molecule has 1 aliphatic heterocycles. The molecule has 0 aromatic heterocycles. The normalized spacial score (nSPS) is 30.1. The van der Waals surface area contributed by atoms with E-state index in [1.165, 1.54) is 19.3 Å². The van der Waals surface area contributed by atoms with Gasteiger partial charge in [-0.2, -0.15) is 0 Å². The number of piperidine rings is 1. The average Bonchev–Trinajstić information content (AvgIpc) is 2.48. The summed E-state index contributed by atoms with van der Waals surface area (Å²) in [6.07, 6.45) is 8.15. The van der Waals surface area contributed by atoms with Crippen LogP contribution in [0.3, 0.4) is 0 Å². The van der Waals surface area contributed by atoms with Crippen LogP contribution >= 0.6 is 0 Å². The first-order valence-electron chi connectivity index (χ1n) is 7.84. The van der Waals surface area contributed by atoms with Crippen molar-refractivity contribution in [2.75, 3.05) is 20.1 Å². The van der Waals surface area contributed by atoms with Crippen molar-refractivity contribution in [3.8, 4) is 0 Å². The van der Waals surface area contributed by atoms with Gasteiger partial charge in [-0.1, -0.05) is 12.8 Å². The Morgan fingerprint density at radius 1 is 1.16 bits per heavy atom. The van der Waals surface area contributed by atoms with Crippen LogP contribution in [0.15, 0.2) is 0 Å². The number of likely N-dealkylation sites (N-methyl/N-ethyl adjacent to an activating group) is 1. The second-order valence-corrected chi connectivity index (χ2v) is 5.88. The lowest BCUT2D eigenvalue weighted by molar-refractivity contribution is -0.149. The summed E-state index contributed by atoms with van der Waals surface area (Å²) in [6.45, 7) is 3.73. The maximum Gasteiger partial charge on any atom is 0.251 e. The Morgan fingerprint density at radius 2 is 1.84 bits per heavy atom. The molecule has 2 rings (SSSR count). The summed E-state index contributed by atoms with van der Waals surface area (Å²) < 4.78 is 6.06. The fourth-order valence-electron chi connectivity index (χ4n) is 3.28. The molecule has 3 atom stereocenters. The van der Waals surface area contributed by atoms with Crippen molar-refractivity contribution in [1.82, 2.24) is 10.2 Å². The average molecular weight is 268 g/mol. The van der Waals surface area contributed by atoms with Gasteiger partial charge in [0.2, 0.25) is 0 Å². The van der Waals surface area contributed by atoms with E-state index in [1.807, 2.05) is 18.9 Å². The molecule has 0 aromatic rings. The van der Waals surface area contributed by atoms with Gasteiger partial charge in [-0.25, -0.2) is 0 Å². The number of hydrogen-bond donors (Lipinski definition) is 1. The molecule has 1 N–H and O–H groups in total. The molecule has 19 heavy (non-hydrogen) atoms. The minimum absolute atomic E-state index is 0.181. The summed E-state index contributed by atoms with van der Waals surface area (Å²) in [4.78, 5) is 14.3. The van der Waals surface area contributed by atoms with E-state index >= 15 is 0 Å². The quantitative estimate of drug-likeness (QED) is 0.847. The minimum atomic E-state index is -0.294. The van der Waals surface area contributed by atoms with Gasteiger partial charge >= 0.3 is 0 Å². The van der Waals surface area contributed by atoms with Gasteiger partial charge in [0.25, 0.3) is 5.91 Å².